The monoisotopic (exact) mass is 430 g/mol. The topological polar surface area (TPSA) is 67.8 Å². The molecule has 2 aliphatic rings. The van der Waals surface area contributed by atoms with E-state index in [1.165, 1.54) is 0 Å². The number of alkyl halides is 1. The Bertz CT molecular complexity index is 898. The number of methoxy groups -OCH3 is 1. The Hall–Kier alpha value is -2.38. The van der Waals surface area contributed by atoms with Gasteiger partial charge >= 0.3 is 0 Å². The van der Waals surface area contributed by atoms with Gasteiger partial charge in [0.15, 0.2) is 0 Å². The van der Waals surface area contributed by atoms with E-state index in [1.54, 1.807) is 14.0 Å². The van der Waals surface area contributed by atoms with Crippen molar-refractivity contribution < 1.29 is 14.3 Å². The summed E-state index contributed by atoms with van der Waals surface area (Å²) in [5.41, 5.74) is 3.20. The zero-order valence-corrected chi connectivity index (χ0v) is 18.2. The molecule has 1 unspecified atom stereocenters. The van der Waals surface area contributed by atoms with E-state index in [4.69, 9.17) is 31.0 Å². The molecule has 30 heavy (non-hydrogen) atoms. The highest BCUT2D eigenvalue weighted by molar-refractivity contribution is 6.30. The molecule has 0 N–H and O–H groups in total. The third-order valence-corrected chi connectivity index (χ3v) is 5.76. The Morgan fingerprint density at radius 2 is 1.93 bits per heavy atom. The molecule has 2 aromatic rings. The van der Waals surface area contributed by atoms with E-state index >= 15 is 0 Å². The van der Waals surface area contributed by atoms with E-state index < -0.39 is 5.38 Å². The van der Waals surface area contributed by atoms with Gasteiger partial charge < -0.3 is 19.3 Å². The summed E-state index contributed by atoms with van der Waals surface area (Å²) in [6.07, 6.45) is 1.36. The number of rotatable bonds is 5. The lowest BCUT2D eigenvalue weighted by Crippen LogP contribution is -2.42. The molecular formula is C22H27ClN4O3. The fourth-order valence-corrected chi connectivity index (χ4v) is 4.07. The second-order valence-electron chi connectivity index (χ2n) is 7.64. The Morgan fingerprint density at radius 1 is 1.20 bits per heavy atom. The van der Waals surface area contributed by atoms with Crippen molar-refractivity contribution in [1.29, 1.82) is 0 Å². The van der Waals surface area contributed by atoms with Gasteiger partial charge in [-0.1, -0.05) is 12.1 Å². The smallest absolute Gasteiger partial charge is 0.240 e. The molecule has 0 aliphatic carbocycles. The highest BCUT2D eigenvalue weighted by atomic mass is 35.5. The second kappa shape index (κ2) is 9.18. The largest absolute Gasteiger partial charge is 0.497 e. The maximum Gasteiger partial charge on any atom is 0.240 e. The summed E-state index contributed by atoms with van der Waals surface area (Å²) in [5.74, 6) is 2.51. The van der Waals surface area contributed by atoms with Gasteiger partial charge in [-0.3, -0.25) is 4.79 Å². The van der Waals surface area contributed by atoms with Gasteiger partial charge in [0.25, 0.3) is 0 Å². The van der Waals surface area contributed by atoms with Gasteiger partial charge in [0.05, 0.1) is 32.6 Å². The summed E-state index contributed by atoms with van der Waals surface area (Å²) in [6.45, 7) is 5.76. The number of morpholine rings is 1. The number of carbonyl (C=O) groups is 1. The number of benzene rings is 1. The zero-order valence-electron chi connectivity index (χ0n) is 17.4. The number of carbonyl (C=O) groups excluding carboxylic acids is 1. The van der Waals surface area contributed by atoms with E-state index in [1.807, 2.05) is 29.2 Å². The van der Waals surface area contributed by atoms with Crippen LogP contribution in [0.4, 0.5) is 5.82 Å². The van der Waals surface area contributed by atoms with Gasteiger partial charge in [-0.15, -0.1) is 11.6 Å². The molecule has 1 atom stereocenters. The van der Waals surface area contributed by atoms with Crippen LogP contribution in [-0.4, -0.2) is 66.1 Å². The lowest BCUT2D eigenvalue weighted by atomic mass is 10.0. The van der Waals surface area contributed by atoms with Gasteiger partial charge in [0, 0.05) is 38.0 Å². The lowest BCUT2D eigenvalue weighted by molar-refractivity contribution is -0.131. The maximum atomic E-state index is 12.5. The van der Waals surface area contributed by atoms with Gasteiger partial charge in [0.1, 0.15) is 22.8 Å². The van der Waals surface area contributed by atoms with Crippen molar-refractivity contribution in [3.8, 4) is 5.75 Å². The maximum absolute atomic E-state index is 12.5. The van der Waals surface area contributed by atoms with Gasteiger partial charge in [0.2, 0.25) is 5.91 Å². The van der Waals surface area contributed by atoms with Crippen LogP contribution in [0.3, 0.4) is 0 Å². The van der Waals surface area contributed by atoms with Crippen molar-refractivity contribution in [3.05, 3.63) is 46.9 Å². The minimum absolute atomic E-state index is 0.0439. The first kappa shape index (κ1) is 20.9. The molecule has 2 aliphatic heterocycles. The molecule has 8 heteroatoms. The predicted molar refractivity (Wildman–Crippen MR) is 115 cm³/mol. The minimum Gasteiger partial charge on any atom is -0.497 e. The van der Waals surface area contributed by atoms with Crippen LogP contribution in [0.1, 0.15) is 29.6 Å². The van der Waals surface area contributed by atoms with Crippen molar-refractivity contribution in [2.75, 3.05) is 44.9 Å². The molecule has 3 heterocycles. The number of hydrogen-bond donors (Lipinski definition) is 0. The second-order valence-corrected chi connectivity index (χ2v) is 8.29. The average Bonchev–Trinajstić information content (AvgIpc) is 2.78. The number of halogens is 1. The number of aromatic nitrogens is 2. The van der Waals surface area contributed by atoms with E-state index in [0.29, 0.717) is 39.1 Å². The third-order valence-electron chi connectivity index (χ3n) is 5.57. The summed E-state index contributed by atoms with van der Waals surface area (Å²) in [6, 6.07) is 7.98. The minimum atomic E-state index is -0.534. The number of anilines is 1. The lowest BCUT2D eigenvalue weighted by Gasteiger charge is -2.35. The van der Waals surface area contributed by atoms with Gasteiger partial charge in [-0.2, -0.15) is 0 Å². The molecule has 160 valence electrons. The quantitative estimate of drug-likeness (QED) is 0.679. The summed E-state index contributed by atoms with van der Waals surface area (Å²) in [5, 5.41) is -0.534. The number of hydrogen-bond acceptors (Lipinski definition) is 6. The highest BCUT2D eigenvalue weighted by Crippen LogP contribution is 2.29. The first-order valence-electron chi connectivity index (χ1n) is 10.3. The first-order chi connectivity index (χ1) is 14.5. The van der Waals surface area contributed by atoms with Crippen molar-refractivity contribution in [2.45, 2.75) is 31.7 Å². The fraction of sp³-hybridized carbons (Fsp3) is 0.500. The molecule has 0 bridgehead atoms. The van der Waals surface area contributed by atoms with Crippen LogP contribution in [0.5, 0.6) is 5.75 Å². The van der Waals surface area contributed by atoms with Crippen LogP contribution in [0, 0.1) is 0 Å². The third kappa shape index (κ3) is 4.52. The Labute approximate surface area is 182 Å². The summed E-state index contributed by atoms with van der Waals surface area (Å²) >= 11 is 6.06. The highest BCUT2D eigenvalue weighted by Gasteiger charge is 2.29. The molecule has 4 rings (SSSR count). The summed E-state index contributed by atoms with van der Waals surface area (Å²) in [4.78, 5) is 26.3. The average molecular weight is 431 g/mol. The summed E-state index contributed by atoms with van der Waals surface area (Å²) < 4.78 is 10.8. The molecular weight excluding hydrogens is 404 g/mol. The first-order valence-corrected chi connectivity index (χ1v) is 10.8. The molecule has 0 saturated carbocycles. The van der Waals surface area contributed by atoms with E-state index in [9.17, 15) is 4.79 Å². The zero-order chi connectivity index (χ0) is 21.1. The number of amides is 1. The van der Waals surface area contributed by atoms with Gasteiger partial charge in [-0.25, -0.2) is 9.97 Å². The van der Waals surface area contributed by atoms with Crippen LogP contribution in [0.15, 0.2) is 24.3 Å². The van der Waals surface area contributed by atoms with Crippen LogP contribution in [-0.2, 0) is 28.9 Å². The normalized spacial score (nSPS) is 17.4. The van der Waals surface area contributed by atoms with E-state index in [-0.39, 0.29) is 5.91 Å². The fourth-order valence-electron chi connectivity index (χ4n) is 3.93. The predicted octanol–water partition coefficient (Wildman–Crippen LogP) is 2.42. The number of ether oxygens (including phenoxy) is 2. The van der Waals surface area contributed by atoms with Crippen molar-refractivity contribution >= 4 is 23.3 Å². The molecule has 1 aromatic carbocycles. The van der Waals surface area contributed by atoms with Gasteiger partial charge in [-0.05, 0) is 24.6 Å². The summed E-state index contributed by atoms with van der Waals surface area (Å²) in [7, 11) is 1.66. The SMILES string of the molecule is COc1ccc(Cc2nc3c(c(N4CCOCC4)n2)CN(C(=O)C(C)Cl)CC3)cc1. The van der Waals surface area contributed by atoms with E-state index in [2.05, 4.69) is 4.90 Å². The van der Waals surface area contributed by atoms with E-state index in [0.717, 1.165) is 47.3 Å². The molecule has 0 radical (unpaired) electrons. The van der Waals surface area contributed by atoms with Crippen molar-refractivity contribution in [3.63, 3.8) is 0 Å². The van der Waals surface area contributed by atoms with Crippen molar-refractivity contribution in [2.24, 2.45) is 0 Å². The molecule has 0 spiro atoms. The Morgan fingerprint density at radius 3 is 2.60 bits per heavy atom. The molecule has 1 fully saturated rings. The molecule has 1 aromatic heterocycles. The molecule has 1 saturated heterocycles. The standard InChI is InChI=1S/C22H27ClN4O3/c1-15(23)22(28)27-8-7-19-18(14-27)21(26-9-11-30-12-10-26)25-20(24-19)13-16-3-5-17(29-2)6-4-16/h3-6,15H,7-14H2,1-2H3. The van der Waals surface area contributed by atoms with Crippen LogP contribution in [0.25, 0.3) is 0 Å². The Kier molecular flexibility index (Phi) is 6.39. The van der Waals surface area contributed by atoms with Crippen LogP contribution >= 0.6 is 11.6 Å². The molecule has 1 amide bonds. The molecule has 7 nitrogen and oxygen atoms in total. The van der Waals surface area contributed by atoms with Crippen LogP contribution < -0.4 is 9.64 Å². The number of nitrogens with zero attached hydrogens (tertiary/aromatic N) is 4. The van der Waals surface area contributed by atoms with Crippen LogP contribution in [0.2, 0.25) is 0 Å². The number of fused-ring (bicyclic) bond motifs is 1. The van der Waals surface area contributed by atoms with Crippen molar-refractivity contribution in [1.82, 2.24) is 14.9 Å². The Balaban J connectivity index is 1.65.